The van der Waals surface area contributed by atoms with Crippen molar-refractivity contribution in [2.45, 2.75) is 20.0 Å². The second-order valence-electron chi connectivity index (χ2n) is 6.96. The van der Waals surface area contributed by atoms with Crippen molar-refractivity contribution < 1.29 is 13.5 Å². The highest BCUT2D eigenvalue weighted by Gasteiger charge is 2.15. The Morgan fingerprint density at radius 2 is 1.77 bits per heavy atom. The number of hydrogen-bond donors (Lipinski definition) is 0. The van der Waals surface area contributed by atoms with Gasteiger partial charge in [-0.05, 0) is 36.2 Å². The molecule has 4 aromatic rings. The molecule has 152 valence electrons. The first kappa shape index (κ1) is 20.5. The Morgan fingerprint density at radius 1 is 1.00 bits per heavy atom. The number of fused-ring (bicyclic) bond motifs is 1. The van der Waals surface area contributed by atoms with E-state index >= 15 is 0 Å². The quantitative estimate of drug-likeness (QED) is 0.322. The largest absolute Gasteiger partial charge is 0.487 e. The zero-order valence-electron chi connectivity index (χ0n) is 16.0. The predicted molar refractivity (Wildman–Crippen MR) is 117 cm³/mol. The van der Waals surface area contributed by atoms with Crippen LogP contribution in [-0.2, 0) is 13.0 Å². The van der Waals surface area contributed by atoms with Crippen molar-refractivity contribution in [3.8, 4) is 5.75 Å². The van der Waals surface area contributed by atoms with E-state index in [1.807, 2.05) is 37.3 Å². The highest BCUT2D eigenvalue weighted by Crippen LogP contribution is 2.33. The molecule has 1 heterocycles. The molecule has 0 spiro atoms. The standard InChI is InChI=1S/C24H17Cl2FO3/c1-14-18-11-21(26)23(29-13-16-7-8-17(27)10-20(16)25)12-22(18)30-24(28)19(14)9-15-5-3-2-4-6-15/h2-8,10-12H,9,13H2,1H3. The Kier molecular flexibility index (Phi) is 5.80. The molecule has 0 saturated heterocycles. The van der Waals surface area contributed by atoms with Crippen molar-refractivity contribution in [2.75, 3.05) is 0 Å². The molecule has 0 amide bonds. The summed E-state index contributed by atoms with van der Waals surface area (Å²) < 4.78 is 24.5. The molecule has 30 heavy (non-hydrogen) atoms. The lowest BCUT2D eigenvalue weighted by atomic mass is 9.99. The summed E-state index contributed by atoms with van der Waals surface area (Å²) in [4.78, 5) is 12.6. The number of hydrogen-bond acceptors (Lipinski definition) is 3. The molecule has 0 N–H and O–H groups in total. The maximum Gasteiger partial charge on any atom is 0.340 e. The van der Waals surface area contributed by atoms with Crippen LogP contribution in [0.25, 0.3) is 11.0 Å². The molecular weight excluding hydrogens is 426 g/mol. The molecule has 0 bridgehead atoms. The molecule has 0 saturated carbocycles. The van der Waals surface area contributed by atoms with Gasteiger partial charge in [0.1, 0.15) is 23.8 Å². The molecule has 0 aliphatic carbocycles. The minimum Gasteiger partial charge on any atom is -0.487 e. The summed E-state index contributed by atoms with van der Waals surface area (Å²) >= 11 is 12.5. The number of ether oxygens (including phenoxy) is 1. The van der Waals surface area contributed by atoms with Crippen molar-refractivity contribution in [1.82, 2.24) is 0 Å². The van der Waals surface area contributed by atoms with Crippen LogP contribution in [0, 0.1) is 12.7 Å². The normalized spacial score (nSPS) is 11.1. The SMILES string of the molecule is Cc1c(Cc2ccccc2)c(=O)oc2cc(OCc3ccc(F)cc3Cl)c(Cl)cc12. The van der Waals surface area contributed by atoms with Gasteiger partial charge < -0.3 is 9.15 Å². The summed E-state index contributed by atoms with van der Waals surface area (Å²) in [7, 11) is 0. The van der Waals surface area contributed by atoms with Crippen LogP contribution in [0.15, 0.2) is 69.9 Å². The number of benzene rings is 3. The fourth-order valence-electron chi connectivity index (χ4n) is 3.30. The molecule has 6 heteroatoms. The Bertz CT molecular complexity index is 1280. The van der Waals surface area contributed by atoms with Gasteiger partial charge in [-0.2, -0.15) is 0 Å². The van der Waals surface area contributed by atoms with Gasteiger partial charge >= 0.3 is 5.63 Å². The topological polar surface area (TPSA) is 39.4 Å². The van der Waals surface area contributed by atoms with E-state index < -0.39 is 11.4 Å². The maximum atomic E-state index is 13.2. The van der Waals surface area contributed by atoms with Gasteiger partial charge in [-0.3, -0.25) is 0 Å². The Hall–Kier alpha value is -2.82. The van der Waals surface area contributed by atoms with Crippen molar-refractivity contribution in [1.29, 1.82) is 0 Å². The van der Waals surface area contributed by atoms with E-state index in [1.165, 1.54) is 12.1 Å². The van der Waals surface area contributed by atoms with Gasteiger partial charge in [-0.15, -0.1) is 0 Å². The van der Waals surface area contributed by atoms with E-state index in [0.29, 0.717) is 33.9 Å². The molecule has 1 aromatic heterocycles. The summed E-state index contributed by atoms with van der Waals surface area (Å²) in [6.07, 6.45) is 0.476. The summed E-state index contributed by atoms with van der Waals surface area (Å²) in [5.41, 5.74) is 3.05. The molecule has 0 radical (unpaired) electrons. The monoisotopic (exact) mass is 442 g/mol. The van der Waals surface area contributed by atoms with E-state index in [9.17, 15) is 9.18 Å². The van der Waals surface area contributed by atoms with Crippen LogP contribution in [0.5, 0.6) is 5.75 Å². The zero-order chi connectivity index (χ0) is 21.3. The van der Waals surface area contributed by atoms with E-state index in [2.05, 4.69) is 0 Å². The second-order valence-corrected chi connectivity index (χ2v) is 7.77. The van der Waals surface area contributed by atoms with Gasteiger partial charge in [0, 0.05) is 29.0 Å². The van der Waals surface area contributed by atoms with E-state index in [0.717, 1.165) is 16.5 Å². The van der Waals surface area contributed by atoms with E-state index in [4.69, 9.17) is 32.4 Å². The van der Waals surface area contributed by atoms with Gasteiger partial charge in [0.25, 0.3) is 0 Å². The third-order valence-electron chi connectivity index (χ3n) is 4.96. The second kappa shape index (κ2) is 8.50. The van der Waals surface area contributed by atoms with Gasteiger partial charge in [0.2, 0.25) is 0 Å². The number of rotatable bonds is 5. The number of halogens is 3. The van der Waals surface area contributed by atoms with Crippen LogP contribution in [0.3, 0.4) is 0 Å². The third-order valence-corrected chi connectivity index (χ3v) is 5.61. The molecule has 0 fully saturated rings. The van der Waals surface area contributed by atoms with Crippen LogP contribution in [0.2, 0.25) is 10.0 Å². The first-order valence-electron chi connectivity index (χ1n) is 9.29. The van der Waals surface area contributed by atoms with Gasteiger partial charge in [0.05, 0.1) is 10.0 Å². The fraction of sp³-hybridized carbons (Fsp3) is 0.125. The average molecular weight is 443 g/mol. The maximum absolute atomic E-state index is 13.2. The van der Waals surface area contributed by atoms with E-state index in [1.54, 1.807) is 18.2 Å². The first-order valence-corrected chi connectivity index (χ1v) is 10.0. The lowest BCUT2D eigenvalue weighted by Crippen LogP contribution is -2.11. The minimum absolute atomic E-state index is 0.0969. The zero-order valence-corrected chi connectivity index (χ0v) is 17.6. The lowest BCUT2D eigenvalue weighted by Gasteiger charge is -2.12. The molecule has 0 aliphatic rings. The van der Waals surface area contributed by atoms with Crippen LogP contribution in [0.1, 0.15) is 22.3 Å². The summed E-state index contributed by atoms with van der Waals surface area (Å²) in [5.74, 6) is -0.0704. The minimum atomic E-state index is -0.420. The van der Waals surface area contributed by atoms with Crippen LogP contribution in [-0.4, -0.2) is 0 Å². The molecule has 0 unspecified atom stereocenters. The van der Waals surface area contributed by atoms with Crippen molar-refractivity contribution in [3.63, 3.8) is 0 Å². The fourth-order valence-corrected chi connectivity index (χ4v) is 3.74. The van der Waals surface area contributed by atoms with Crippen LogP contribution < -0.4 is 10.4 Å². The Labute approximate surface area is 182 Å². The highest BCUT2D eigenvalue weighted by atomic mass is 35.5. The first-order chi connectivity index (χ1) is 14.4. The smallest absolute Gasteiger partial charge is 0.340 e. The van der Waals surface area contributed by atoms with Gasteiger partial charge in [-0.1, -0.05) is 59.6 Å². The molecular formula is C24H17Cl2FO3. The van der Waals surface area contributed by atoms with Crippen molar-refractivity contribution in [3.05, 3.63) is 109 Å². The Balaban J connectivity index is 1.67. The van der Waals surface area contributed by atoms with Crippen LogP contribution >= 0.6 is 23.2 Å². The van der Waals surface area contributed by atoms with Crippen molar-refractivity contribution >= 4 is 34.2 Å². The van der Waals surface area contributed by atoms with E-state index in [-0.39, 0.29) is 11.6 Å². The highest BCUT2D eigenvalue weighted by molar-refractivity contribution is 6.33. The van der Waals surface area contributed by atoms with Gasteiger partial charge in [0.15, 0.2) is 0 Å². The third kappa shape index (κ3) is 4.20. The molecule has 3 aromatic carbocycles. The van der Waals surface area contributed by atoms with Crippen molar-refractivity contribution in [2.24, 2.45) is 0 Å². The number of aryl methyl sites for hydroxylation is 1. The molecule has 3 nitrogen and oxygen atoms in total. The van der Waals surface area contributed by atoms with Crippen LogP contribution in [0.4, 0.5) is 4.39 Å². The molecule has 0 atom stereocenters. The molecule has 0 aliphatic heterocycles. The predicted octanol–water partition coefficient (Wildman–Crippen LogP) is 6.72. The summed E-state index contributed by atoms with van der Waals surface area (Å²) in [6, 6.07) is 17.1. The van der Waals surface area contributed by atoms with Gasteiger partial charge in [-0.25, -0.2) is 9.18 Å². The molecule has 4 rings (SSSR count). The summed E-state index contributed by atoms with van der Waals surface area (Å²) in [6.45, 7) is 1.98. The lowest BCUT2D eigenvalue weighted by molar-refractivity contribution is 0.306. The average Bonchev–Trinajstić information content (AvgIpc) is 2.72. The summed E-state index contributed by atoms with van der Waals surface area (Å²) in [5, 5.41) is 1.39. The Morgan fingerprint density at radius 3 is 2.50 bits per heavy atom.